The smallest absolute Gasteiger partial charge is 0.351 e. The summed E-state index contributed by atoms with van der Waals surface area (Å²) < 4.78 is 0.314. The van der Waals surface area contributed by atoms with Crippen molar-refractivity contribution in [1.29, 1.82) is 0 Å². The zero-order valence-electron chi connectivity index (χ0n) is 12.4. The summed E-state index contributed by atoms with van der Waals surface area (Å²) in [6.45, 7) is 4.21. The lowest BCUT2D eigenvalue weighted by molar-refractivity contribution is -0.881. The lowest BCUT2D eigenvalue weighted by atomic mass is 9.86. The van der Waals surface area contributed by atoms with Gasteiger partial charge in [0.2, 0.25) is 0 Å². The number of nitrogens with two attached hydrogens (primary N) is 2. The number of carbonyl (C=O) groups excluding carboxylic acids is 2. The Hall–Kier alpha value is -1.30. The summed E-state index contributed by atoms with van der Waals surface area (Å²) in [5, 5.41) is 0. The van der Waals surface area contributed by atoms with Crippen LogP contribution in [-0.4, -0.2) is 53.2 Å². The van der Waals surface area contributed by atoms with Crippen molar-refractivity contribution in [2.75, 3.05) is 19.6 Å². The molecule has 2 fully saturated rings. The van der Waals surface area contributed by atoms with Gasteiger partial charge in [-0.2, -0.15) is 0 Å². The van der Waals surface area contributed by atoms with Crippen LogP contribution < -0.4 is 11.5 Å². The topological polar surface area (TPSA) is 89.4 Å². The summed E-state index contributed by atoms with van der Waals surface area (Å²) in [6.07, 6.45) is 6.09. The SMILES string of the molecule is CC[N+]1(C(N)=O)CCCCC1C1CCCCN1C(N)=O. The first-order valence-corrected chi connectivity index (χ1v) is 7.75. The van der Waals surface area contributed by atoms with Gasteiger partial charge in [-0.3, -0.25) is 0 Å². The molecule has 6 nitrogen and oxygen atoms in total. The fourth-order valence-electron chi connectivity index (χ4n) is 4.14. The van der Waals surface area contributed by atoms with Gasteiger partial charge in [0.25, 0.3) is 0 Å². The van der Waals surface area contributed by atoms with Gasteiger partial charge >= 0.3 is 12.1 Å². The van der Waals surface area contributed by atoms with E-state index in [0.29, 0.717) is 17.6 Å². The number of hydrogen-bond donors (Lipinski definition) is 2. The Morgan fingerprint density at radius 3 is 2.45 bits per heavy atom. The van der Waals surface area contributed by atoms with Crippen molar-refractivity contribution < 1.29 is 14.1 Å². The molecule has 2 aliphatic heterocycles. The van der Waals surface area contributed by atoms with E-state index in [1.54, 1.807) is 4.90 Å². The van der Waals surface area contributed by atoms with Crippen LogP contribution in [-0.2, 0) is 0 Å². The number of likely N-dealkylation sites (tertiary alicyclic amines) is 2. The van der Waals surface area contributed by atoms with Crippen LogP contribution in [0.4, 0.5) is 9.59 Å². The maximum Gasteiger partial charge on any atom is 0.414 e. The van der Waals surface area contributed by atoms with Crippen molar-refractivity contribution in [3.63, 3.8) is 0 Å². The van der Waals surface area contributed by atoms with Gasteiger partial charge in [0.1, 0.15) is 6.04 Å². The average Bonchev–Trinajstić information content (AvgIpc) is 2.46. The van der Waals surface area contributed by atoms with E-state index in [9.17, 15) is 9.59 Å². The minimum atomic E-state index is -0.362. The largest absolute Gasteiger partial charge is 0.414 e. The molecule has 0 bridgehead atoms. The molecule has 2 aliphatic rings. The maximum atomic E-state index is 12.1. The lowest BCUT2D eigenvalue weighted by Crippen LogP contribution is -2.70. The van der Waals surface area contributed by atoms with E-state index < -0.39 is 0 Å². The number of hydrogen-bond acceptors (Lipinski definition) is 2. The predicted octanol–water partition coefficient (Wildman–Crippen LogP) is 1.39. The molecule has 4 N–H and O–H groups in total. The predicted molar refractivity (Wildman–Crippen MR) is 76.8 cm³/mol. The molecule has 0 aromatic rings. The van der Waals surface area contributed by atoms with E-state index in [2.05, 4.69) is 0 Å². The zero-order chi connectivity index (χ0) is 14.8. The Morgan fingerprint density at radius 1 is 1.15 bits per heavy atom. The molecule has 0 radical (unpaired) electrons. The number of quaternary nitrogens is 1. The number of carbonyl (C=O) groups is 2. The highest BCUT2D eigenvalue weighted by atomic mass is 16.2. The van der Waals surface area contributed by atoms with E-state index >= 15 is 0 Å². The number of primary amides is 2. The molecular weight excluding hydrogens is 256 g/mol. The van der Waals surface area contributed by atoms with E-state index in [0.717, 1.165) is 45.1 Å². The van der Waals surface area contributed by atoms with Crippen LogP contribution in [0.1, 0.15) is 45.4 Å². The molecule has 0 aliphatic carbocycles. The van der Waals surface area contributed by atoms with Crippen molar-refractivity contribution in [2.45, 2.75) is 57.5 Å². The first kappa shape index (κ1) is 15.1. The third-order valence-electron chi connectivity index (χ3n) is 5.22. The summed E-state index contributed by atoms with van der Waals surface area (Å²) >= 11 is 0. The van der Waals surface area contributed by atoms with Crippen LogP contribution in [0.5, 0.6) is 0 Å². The molecule has 2 heterocycles. The van der Waals surface area contributed by atoms with E-state index in [1.165, 1.54) is 0 Å². The van der Waals surface area contributed by atoms with Crippen LogP contribution in [0.3, 0.4) is 0 Å². The molecule has 3 unspecified atom stereocenters. The molecule has 3 atom stereocenters. The number of urea groups is 2. The van der Waals surface area contributed by atoms with Crippen molar-refractivity contribution in [2.24, 2.45) is 11.5 Å². The van der Waals surface area contributed by atoms with Gasteiger partial charge < -0.3 is 16.4 Å². The minimum Gasteiger partial charge on any atom is -0.351 e. The second-order valence-electron chi connectivity index (χ2n) is 6.07. The van der Waals surface area contributed by atoms with Gasteiger partial charge in [0.15, 0.2) is 0 Å². The second kappa shape index (κ2) is 5.99. The fraction of sp³-hybridized carbons (Fsp3) is 0.857. The van der Waals surface area contributed by atoms with Gasteiger partial charge in [-0.25, -0.2) is 14.1 Å². The van der Waals surface area contributed by atoms with Crippen molar-refractivity contribution in [3.05, 3.63) is 0 Å². The standard InChI is InChI=1S/C14H26N4O2/c1-2-18(14(16)20)10-6-4-8-12(18)11-7-3-5-9-17(11)13(15)19/h11-12H,2-10H2,1H3,(H3-,15,16,19,20)/p+1. The molecule has 0 aromatic carbocycles. The van der Waals surface area contributed by atoms with Gasteiger partial charge in [-0.05, 0) is 39.0 Å². The third kappa shape index (κ3) is 2.49. The molecule has 6 heteroatoms. The number of piperidine rings is 2. The maximum absolute atomic E-state index is 12.1. The molecule has 114 valence electrons. The van der Waals surface area contributed by atoms with Crippen molar-refractivity contribution >= 4 is 12.1 Å². The van der Waals surface area contributed by atoms with Gasteiger partial charge in [0.05, 0.1) is 19.1 Å². The first-order valence-electron chi connectivity index (χ1n) is 7.75. The van der Waals surface area contributed by atoms with Crippen molar-refractivity contribution in [1.82, 2.24) is 4.90 Å². The van der Waals surface area contributed by atoms with Gasteiger partial charge in [-0.1, -0.05) is 0 Å². The van der Waals surface area contributed by atoms with Crippen LogP contribution >= 0.6 is 0 Å². The first-order chi connectivity index (χ1) is 9.53. The van der Waals surface area contributed by atoms with Gasteiger partial charge in [0, 0.05) is 13.0 Å². The molecular formula is C14H27N4O2+. The van der Waals surface area contributed by atoms with Crippen LogP contribution in [0.15, 0.2) is 0 Å². The molecule has 0 saturated carbocycles. The Morgan fingerprint density at radius 2 is 1.85 bits per heavy atom. The quantitative estimate of drug-likeness (QED) is 0.750. The highest BCUT2D eigenvalue weighted by molar-refractivity contribution is 5.72. The molecule has 2 rings (SSSR count). The number of amides is 4. The molecule has 0 spiro atoms. The van der Waals surface area contributed by atoms with Gasteiger partial charge in [-0.15, -0.1) is 0 Å². The van der Waals surface area contributed by atoms with E-state index in [1.807, 2.05) is 6.92 Å². The monoisotopic (exact) mass is 283 g/mol. The fourth-order valence-corrected chi connectivity index (χ4v) is 4.14. The summed E-state index contributed by atoms with van der Waals surface area (Å²) in [6, 6.07) is -0.445. The Labute approximate surface area is 120 Å². The normalized spacial score (nSPS) is 34.8. The number of likely N-dealkylation sites (N-methyl/N-ethyl adjacent to an activating group) is 1. The summed E-state index contributed by atoms with van der Waals surface area (Å²) in [7, 11) is 0. The Kier molecular flexibility index (Phi) is 4.52. The van der Waals surface area contributed by atoms with E-state index in [-0.39, 0.29) is 24.1 Å². The third-order valence-corrected chi connectivity index (χ3v) is 5.22. The van der Waals surface area contributed by atoms with Crippen LogP contribution in [0.25, 0.3) is 0 Å². The highest BCUT2D eigenvalue weighted by Gasteiger charge is 2.49. The van der Waals surface area contributed by atoms with Crippen LogP contribution in [0.2, 0.25) is 0 Å². The minimum absolute atomic E-state index is 0.0639. The second-order valence-corrected chi connectivity index (χ2v) is 6.07. The molecule has 2 saturated heterocycles. The summed E-state index contributed by atoms with van der Waals surface area (Å²) in [5.41, 5.74) is 11.3. The van der Waals surface area contributed by atoms with Crippen LogP contribution in [0, 0.1) is 0 Å². The lowest BCUT2D eigenvalue weighted by Gasteiger charge is -2.50. The number of rotatable bonds is 2. The average molecular weight is 283 g/mol. The number of nitrogens with zero attached hydrogens (tertiary/aromatic N) is 2. The zero-order valence-corrected chi connectivity index (χ0v) is 12.4. The van der Waals surface area contributed by atoms with E-state index in [4.69, 9.17) is 11.5 Å². The molecule has 0 aromatic heterocycles. The van der Waals surface area contributed by atoms with Crippen molar-refractivity contribution in [3.8, 4) is 0 Å². The Bertz CT molecular complexity index is 387. The molecule has 4 amide bonds. The Balaban J connectivity index is 2.30. The summed E-state index contributed by atoms with van der Waals surface area (Å²) in [5.74, 6) is 0. The molecule has 20 heavy (non-hydrogen) atoms. The summed E-state index contributed by atoms with van der Waals surface area (Å²) in [4.78, 5) is 25.6. The highest BCUT2D eigenvalue weighted by Crippen LogP contribution is 2.33.